The number of hydrogen-bond donors (Lipinski definition) is 5. The minimum absolute atomic E-state index is 0.205. The highest BCUT2D eigenvalue weighted by Crippen LogP contribution is 2.32. The maximum atomic E-state index is 15.0. The number of likely N-dealkylation sites (N-methyl/N-ethyl adjacent to an activating group) is 1. The Kier molecular flexibility index (Phi) is 17.5. The molecule has 1 aliphatic heterocycles. The predicted molar refractivity (Wildman–Crippen MR) is 236 cm³/mol. The third-order valence-electron chi connectivity index (χ3n) is 10.2. The topological polar surface area (TPSA) is 282 Å². The second-order valence-electron chi connectivity index (χ2n) is 15.5. The highest BCUT2D eigenvalue weighted by Gasteiger charge is 2.48. The number of nitrogens with one attached hydrogen (secondary N) is 2. The Morgan fingerprint density at radius 3 is 1.71 bits per heavy atom. The van der Waals surface area contributed by atoms with Crippen LogP contribution in [-0.4, -0.2) is 132 Å². The van der Waals surface area contributed by atoms with E-state index in [-0.39, 0.29) is 21.8 Å². The van der Waals surface area contributed by atoms with Crippen LogP contribution in [0.4, 0.5) is 0 Å². The van der Waals surface area contributed by atoms with Gasteiger partial charge in [-0.2, -0.15) is 8.61 Å². The summed E-state index contributed by atoms with van der Waals surface area (Å²) in [6, 6.07) is 10.6. The summed E-state index contributed by atoms with van der Waals surface area (Å²) in [6.07, 6.45) is -1.60. The number of hydrogen-bond acceptors (Lipinski definition) is 11. The first-order chi connectivity index (χ1) is 30.9. The largest absolute Gasteiger partial charge is 0.480 e. The third-order valence-corrected chi connectivity index (χ3v) is 14.0. The summed E-state index contributed by atoms with van der Waals surface area (Å²) in [4.78, 5) is 88.8. The number of imide groups is 1. The fraction of sp³-hybridized carbons (Fsp3) is 0.356. The lowest BCUT2D eigenvalue weighted by molar-refractivity contribution is -0.159. The van der Waals surface area contributed by atoms with Gasteiger partial charge in [-0.3, -0.25) is 24.1 Å². The molecule has 0 aromatic heterocycles. The maximum Gasteiger partial charge on any atom is 0.327 e. The molecule has 4 rings (SSSR count). The smallest absolute Gasteiger partial charge is 0.327 e. The molecule has 1 aliphatic rings. The quantitative estimate of drug-likeness (QED) is 0.120. The lowest BCUT2D eigenvalue weighted by atomic mass is 10.0. The van der Waals surface area contributed by atoms with Crippen molar-refractivity contribution >= 4 is 61.6 Å². The number of carbonyl (C=O) groups excluding carboxylic acids is 4. The number of carbonyl (C=O) groups is 7. The van der Waals surface area contributed by atoms with Crippen molar-refractivity contribution in [1.29, 1.82) is 0 Å². The van der Waals surface area contributed by atoms with Crippen LogP contribution in [0.5, 0.6) is 0 Å². The number of amides is 4. The van der Waals surface area contributed by atoms with Gasteiger partial charge in [0.1, 0.15) is 24.2 Å². The van der Waals surface area contributed by atoms with Gasteiger partial charge in [0.25, 0.3) is 0 Å². The number of nitrogens with zero attached hydrogens (tertiary/aromatic N) is 3. The summed E-state index contributed by atoms with van der Waals surface area (Å²) in [5.74, 6) is 1.63. The van der Waals surface area contributed by atoms with Crippen molar-refractivity contribution in [3.05, 3.63) is 95.1 Å². The Hall–Kier alpha value is -6.91. The molecule has 4 amide bonds. The van der Waals surface area contributed by atoms with E-state index in [1.54, 1.807) is 13.8 Å². The van der Waals surface area contributed by atoms with Crippen LogP contribution in [-0.2, 0) is 60.0 Å². The highest BCUT2D eigenvalue weighted by atomic mass is 32.2. The number of carboxylic acid groups (broad SMARTS) is 3. The van der Waals surface area contributed by atoms with Crippen molar-refractivity contribution in [2.75, 3.05) is 20.1 Å². The minimum atomic E-state index is -4.60. The molecule has 350 valence electrons. The zero-order valence-corrected chi connectivity index (χ0v) is 38.2. The molecule has 0 aliphatic carbocycles. The summed E-state index contributed by atoms with van der Waals surface area (Å²) in [6.45, 7) is 4.20. The molecule has 66 heavy (non-hydrogen) atoms. The Bertz CT molecular complexity index is 2700. The van der Waals surface area contributed by atoms with Crippen LogP contribution >= 0.6 is 0 Å². The first-order valence-electron chi connectivity index (χ1n) is 20.2. The number of carboxylic acids is 3. The lowest BCUT2D eigenvalue weighted by Crippen LogP contribution is -2.58. The SMILES string of the molecule is CC(=O)NC(CC#Cc1ccc(CC(C(=O)O)N(C(=O)CN(C)S(=O)(=O)c2ccc(C)cc2)C(=O)[C@@H]2CC(C#CCC(NC(C)=O)C(=O)O)CN2S(=O)(=O)c2ccc(C)cc2)cc1)C(=O)O. The van der Waals surface area contributed by atoms with Gasteiger partial charge in [0, 0.05) is 58.2 Å². The molecule has 1 saturated heterocycles. The molecule has 0 saturated carbocycles. The monoisotopic (exact) mass is 947 g/mol. The summed E-state index contributed by atoms with van der Waals surface area (Å²) < 4.78 is 57.4. The molecule has 0 radical (unpaired) electrons. The van der Waals surface area contributed by atoms with Crippen LogP contribution < -0.4 is 10.6 Å². The zero-order valence-electron chi connectivity index (χ0n) is 36.5. The molecular formula is C45H49N5O14S2. The Morgan fingerprint density at radius 1 is 0.727 bits per heavy atom. The summed E-state index contributed by atoms with van der Waals surface area (Å²) in [5.41, 5.74) is 2.04. The standard InChI is InChI=1S/C45H49N5O14S2/c1-28-12-20-35(21-13-28)65(61,62)48(5)27-41(53)50(40(45(59)60)24-33-18-16-32(17-19-33)8-6-10-37(43(55)56)46-30(3)51)42(54)39-25-34(9-7-11-38(44(57)58)47-31(4)52)26-49(39)66(63,64)36-22-14-29(2)15-23-36/h12-23,34,37-40H,10-11,24-27H2,1-5H3,(H,46,51)(H,47,52)(H,55,56)(H,57,58)(H,59,60)/t34?,37?,38?,39-,40?/m0/s1. The summed E-state index contributed by atoms with van der Waals surface area (Å²) in [7, 11) is -7.95. The van der Waals surface area contributed by atoms with Crippen molar-refractivity contribution in [3.8, 4) is 23.7 Å². The number of rotatable bonds is 17. The first kappa shape index (κ1) is 51.7. The van der Waals surface area contributed by atoms with E-state index in [1.807, 2.05) is 0 Å². The molecule has 1 fully saturated rings. The summed E-state index contributed by atoms with van der Waals surface area (Å²) >= 11 is 0. The van der Waals surface area contributed by atoms with E-state index in [9.17, 15) is 65.7 Å². The lowest BCUT2D eigenvalue weighted by Gasteiger charge is -2.33. The highest BCUT2D eigenvalue weighted by molar-refractivity contribution is 7.89. The fourth-order valence-corrected chi connectivity index (χ4v) is 9.54. The van der Waals surface area contributed by atoms with Crippen molar-refractivity contribution in [3.63, 3.8) is 0 Å². The average Bonchev–Trinajstić information content (AvgIpc) is 3.68. The number of benzene rings is 3. The van der Waals surface area contributed by atoms with E-state index in [0.717, 1.165) is 30.8 Å². The molecule has 5 atom stereocenters. The van der Waals surface area contributed by atoms with Crippen LogP contribution in [0, 0.1) is 43.4 Å². The fourth-order valence-electron chi connectivity index (χ4n) is 6.79. The first-order valence-corrected chi connectivity index (χ1v) is 23.1. The minimum Gasteiger partial charge on any atom is -0.480 e. The number of sulfonamides is 2. The van der Waals surface area contributed by atoms with Gasteiger partial charge in [0.2, 0.25) is 43.7 Å². The van der Waals surface area contributed by atoms with Crippen LogP contribution in [0.25, 0.3) is 0 Å². The number of aryl methyl sites for hydroxylation is 2. The molecule has 0 bridgehead atoms. The summed E-state index contributed by atoms with van der Waals surface area (Å²) in [5, 5.41) is 34.1. The van der Waals surface area contributed by atoms with Gasteiger partial charge in [-0.15, -0.1) is 5.92 Å². The Labute approximate surface area is 382 Å². The van der Waals surface area contributed by atoms with Gasteiger partial charge in [-0.1, -0.05) is 65.3 Å². The van der Waals surface area contributed by atoms with Crippen LogP contribution in [0.2, 0.25) is 0 Å². The van der Waals surface area contributed by atoms with Crippen molar-refractivity contribution in [2.45, 2.75) is 87.3 Å². The van der Waals surface area contributed by atoms with E-state index in [1.165, 1.54) is 72.8 Å². The molecule has 19 nitrogen and oxygen atoms in total. The second kappa shape index (κ2) is 22.3. The van der Waals surface area contributed by atoms with E-state index < -0.39 is 124 Å². The van der Waals surface area contributed by atoms with E-state index in [2.05, 4.69) is 34.3 Å². The number of aliphatic carboxylic acids is 3. The van der Waals surface area contributed by atoms with Crippen molar-refractivity contribution < 1.29 is 65.7 Å². The van der Waals surface area contributed by atoms with Gasteiger partial charge in [-0.05, 0) is 62.2 Å². The molecule has 5 N–H and O–H groups in total. The molecular weight excluding hydrogens is 899 g/mol. The van der Waals surface area contributed by atoms with Gasteiger partial charge in [0.05, 0.1) is 16.3 Å². The molecule has 4 unspecified atom stereocenters. The molecule has 3 aromatic carbocycles. The second-order valence-corrected chi connectivity index (χ2v) is 19.4. The predicted octanol–water partition coefficient (Wildman–Crippen LogP) is 1.37. The molecule has 1 heterocycles. The average molecular weight is 948 g/mol. The Balaban J connectivity index is 1.79. The molecule has 3 aromatic rings. The van der Waals surface area contributed by atoms with Gasteiger partial charge >= 0.3 is 17.9 Å². The van der Waals surface area contributed by atoms with Crippen LogP contribution in [0.3, 0.4) is 0 Å². The van der Waals surface area contributed by atoms with E-state index in [4.69, 9.17) is 0 Å². The molecule has 0 spiro atoms. The maximum absolute atomic E-state index is 15.0. The van der Waals surface area contributed by atoms with Gasteiger partial charge in [0.15, 0.2) is 0 Å². The molecule has 21 heteroatoms. The van der Waals surface area contributed by atoms with Crippen LogP contribution in [0.15, 0.2) is 82.6 Å². The van der Waals surface area contributed by atoms with Gasteiger partial charge in [-0.25, -0.2) is 31.2 Å². The van der Waals surface area contributed by atoms with E-state index in [0.29, 0.717) is 20.3 Å². The Morgan fingerprint density at radius 2 is 1.23 bits per heavy atom. The normalized spacial score (nSPS) is 16.3. The van der Waals surface area contributed by atoms with E-state index >= 15 is 0 Å². The van der Waals surface area contributed by atoms with Crippen LogP contribution in [0.1, 0.15) is 55.4 Å². The van der Waals surface area contributed by atoms with Gasteiger partial charge < -0.3 is 26.0 Å². The zero-order chi connectivity index (χ0) is 49.1. The van der Waals surface area contributed by atoms with Crippen molar-refractivity contribution in [1.82, 2.24) is 24.1 Å². The van der Waals surface area contributed by atoms with Crippen molar-refractivity contribution in [2.24, 2.45) is 5.92 Å². The third kappa shape index (κ3) is 13.6.